The second kappa shape index (κ2) is 1.03. The first-order valence-corrected chi connectivity index (χ1v) is 5.13. The van der Waals surface area contributed by atoms with E-state index in [1.54, 1.807) is 6.42 Å². The van der Waals surface area contributed by atoms with Crippen LogP contribution >= 0.6 is 0 Å². The van der Waals surface area contributed by atoms with Gasteiger partial charge >= 0.3 is 0 Å². The Morgan fingerprint density at radius 3 is 2.18 bits per heavy atom. The summed E-state index contributed by atoms with van der Waals surface area (Å²) < 4.78 is 0. The van der Waals surface area contributed by atoms with Gasteiger partial charge in [-0.15, -0.1) is 0 Å². The summed E-state index contributed by atoms with van der Waals surface area (Å²) in [7, 11) is 0. The lowest BCUT2D eigenvalue weighted by Gasteiger charge is -2.50. The molecule has 0 aliphatic heterocycles. The SMILES string of the molecule is CC1C2CC3C1(C)C1C2C31C. The standard InChI is InChI=1S/C11H16/c1-5-6-4-7-10(5,2)9-8(6)11(7,9)3/h5-9H,4H2,1-3H3. The van der Waals surface area contributed by atoms with Crippen LogP contribution in [0.3, 0.4) is 0 Å². The van der Waals surface area contributed by atoms with Gasteiger partial charge in [-0.1, -0.05) is 20.8 Å². The summed E-state index contributed by atoms with van der Waals surface area (Å²) in [5.74, 6) is 5.73. The lowest BCUT2D eigenvalue weighted by molar-refractivity contribution is -0.0301. The van der Waals surface area contributed by atoms with Crippen molar-refractivity contribution in [2.75, 3.05) is 0 Å². The molecule has 5 rings (SSSR count). The van der Waals surface area contributed by atoms with Crippen LogP contribution in [0.4, 0.5) is 0 Å². The highest BCUT2D eigenvalue weighted by Gasteiger charge is 2.94. The molecule has 7 atom stereocenters. The molecule has 0 heteroatoms. The zero-order valence-electron chi connectivity index (χ0n) is 7.59. The quantitative estimate of drug-likeness (QED) is 0.495. The molecule has 0 nitrogen and oxygen atoms in total. The van der Waals surface area contributed by atoms with E-state index in [1.165, 1.54) is 11.8 Å². The third-order valence-corrected chi connectivity index (χ3v) is 6.40. The van der Waals surface area contributed by atoms with Gasteiger partial charge in [-0.3, -0.25) is 0 Å². The molecule has 0 aromatic carbocycles. The molecule has 3 bridgehead atoms. The highest BCUT2D eigenvalue weighted by Crippen LogP contribution is 2.98. The molecule has 5 saturated carbocycles. The second-order valence-corrected chi connectivity index (χ2v) is 5.98. The van der Waals surface area contributed by atoms with Gasteiger partial charge in [0.15, 0.2) is 0 Å². The summed E-state index contributed by atoms with van der Waals surface area (Å²) >= 11 is 0. The lowest BCUT2D eigenvalue weighted by atomic mass is 9.54. The largest absolute Gasteiger partial charge is 0.0617 e. The number of rotatable bonds is 0. The van der Waals surface area contributed by atoms with Gasteiger partial charge in [0.25, 0.3) is 0 Å². The number of hydrogen-bond acceptors (Lipinski definition) is 0. The Labute approximate surface area is 68.4 Å². The molecule has 5 fully saturated rings. The molecular formula is C11H16. The van der Waals surface area contributed by atoms with Crippen LogP contribution in [0.5, 0.6) is 0 Å². The van der Waals surface area contributed by atoms with Crippen molar-refractivity contribution in [2.24, 2.45) is 40.4 Å². The molecule has 0 heterocycles. The molecule has 0 N–H and O–H groups in total. The van der Waals surface area contributed by atoms with Gasteiger partial charge in [0.1, 0.15) is 0 Å². The fourth-order valence-electron chi connectivity index (χ4n) is 6.08. The predicted octanol–water partition coefficient (Wildman–Crippen LogP) is 2.54. The smallest absolute Gasteiger partial charge is 0.0221 e. The summed E-state index contributed by atoms with van der Waals surface area (Å²) in [6, 6.07) is 0. The average Bonchev–Trinajstić information content (AvgIpc) is 2.19. The first kappa shape index (κ1) is 5.61. The predicted molar refractivity (Wildman–Crippen MR) is 44.0 cm³/mol. The van der Waals surface area contributed by atoms with E-state index >= 15 is 0 Å². The van der Waals surface area contributed by atoms with Crippen molar-refractivity contribution in [2.45, 2.75) is 27.2 Å². The summed E-state index contributed by atoms with van der Waals surface area (Å²) in [5.41, 5.74) is 1.70. The summed E-state index contributed by atoms with van der Waals surface area (Å²) in [4.78, 5) is 0. The molecule has 5 aliphatic carbocycles. The minimum Gasteiger partial charge on any atom is -0.0617 e. The summed E-state index contributed by atoms with van der Waals surface area (Å²) in [6.45, 7) is 7.64. The zero-order chi connectivity index (χ0) is 7.59. The normalized spacial score (nSPS) is 87.0. The second-order valence-electron chi connectivity index (χ2n) is 5.98. The van der Waals surface area contributed by atoms with E-state index in [2.05, 4.69) is 20.8 Å². The minimum atomic E-state index is 0.823. The van der Waals surface area contributed by atoms with Gasteiger partial charge in [-0.05, 0) is 46.8 Å². The molecule has 11 heavy (non-hydrogen) atoms. The van der Waals surface area contributed by atoms with Gasteiger partial charge in [0.05, 0.1) is 0 Å². The molecular weight excluding hydrogens is 132 g/mol. The van der Waals surface area contributed by atoms with E-state index in [9.17, 15) is 0 Å². The van der Waals surface area contributed by atoms with Crippen molar-refractivity contribution in [3.05, 3.63) is 0 Å². The fourth-order valence-corrected chi connectivity index (χ4v) is 6.08. The van der Waals surface area contributed by atoms with Crippen LogP contribution in [0.25, 0.3) is 0 Å². The van der Waals surface area contributed by atoms with Crippen molar-refractivity contribution in [1.82, 2.24) is 0 Å². The highest BCUT2D eigenvalue weighted by molar-refractivity contribution is 5.40. The Morgan fingerprint density at radius 1 is 1.18 bits per heavy atom. The Balaban J connectivity index is 1.98. The third-order valence-electron chi connectivity index (χ3n) is 6.40. The van der Waals surface area contributed by atoms with Crippen molar-refractivity contribution in [3.8, 4) is 0 Å². The monoisotopic (exact) mass is 148 g/mol. The molecule has 60 valence electrons. The van der Waals surface area contributed by atoms with Crippen LogP contribution in [0, 0.1) is 40.4 Å². The van der Waals surface area contributed by atoms with Crippen molar-refractivity contribution >= 4 is 0 Å². The van der Waals surface area contributed by atoms with Crippen LogP contribution in [-0.4, -0.2) is 0 Å². The molecule has 7 unspecified atom stereocenters. The van der Waals surface area contributed by atoms with Crippen LogP contribution < -0.4 is 0 Å². The summed E-state index contributed by atoms with van der Waals surface area (Å²) in [6.07, 6.45) is 1.59. The molecule has 0 aromatic rings. The molecule has 0 radical (unpaired) electrons. The highest BCUT2D eigenvalue weighted by atomic mass is 15.0. The van der Waals surface area contributed by atoms with Crippen molar-refractivity contribution < 1.29 is 0 Å². The van der Waals surface area contributed by atoms with Gasteiger partial charge in [0, 0.05) is 0 Å². The maximum atomic E-state index is 2.57. The Morgan fingerprint density at radius 2 is 1.91 bits per heavy atom. The fraction of sp³-hybridized carbons (Fsp3) is 1.00. The third kappa shape index (κ3) is 0.256. The lowest BCUT2D eigenvalue weighted by Crippen LogP contribution is -2.46. The molecule has 0 amide bonds. The van der Waals surface area contributed by atoms with Gasteiger partial charge in [-0.2, -0.15) is 0 Å². The first-order chi connectivity index (χ1) is 5.13. The van der Waals surface area contributed by atoms with Gasteiger partial charge in [0.2, 0.25) is 0 Å². The van der Waals surface area contributed by atoms with E-state index in [0.717, 1.165) is 28.6 Å². The van der Waals surface area contributed by atoms with Crippen molar-refractivity contribution in [3.63, 3.8) is 0 Å². The van der Waals surface area contributed by atoms with Crippen LogP contribution in [-0.2, 0) is 0 Å². The Hall–Kier alpha value is 0. The van der Waals surface area contributed by atoms with Crippen molar-refractivity contribution in [1.29, 1.82) is 0 Å². The van der Waals surface area contributed by atoms with E-state index in [-0.39, 0.29) is 0 Å². The van der Waals surface area contributed by atoms with Crippen LogP contribution in [0.2, 0.25) is 0 Å². The van der Waals surface area contributed by atoms with E-state index in [0.29, 0.717) is 0 Å². The first-order valence-electron chi connectivity index (χ1n) is 5.13. The number of hydrogen-bond donors (Lipinski definition) is 0. The Kier molecular flexibility index (Phi) is 0.527. The van der Waals surface area contributed by atoms with Gasteiger partial charge in [-0.25, -0.2) is 0 Å². The molecule has 0 spiro atoms. The Bertz CT molecular complexity index is 260. The maximum absolute atomic E-state index is 2.57. The van der Waals surface area contributed by atoms with E-state index in [1.807, 2.05) is 0 Å². The van der Waals surface area contributed by atoms with E-state index in [4.69, 9.17) is 0 Å². The molecule has 5 aliphatic rings. The average molecular weight is 148 g/mol. The van der Waals surface area contributed by atoms with E-state index < -0.39 is 0 Å². The van der Waals surface area contributed by atoms with Crippen LogP contribution in [0.15, 0.2) is 0 Å². The minimum absolute atomic E-state index is 0.823. The van der Waals surface area contributed by atoms with Gasteiger partial charge < -0.3 is 0 Å². The molecule has 0 saturated heterocycles. The van der Waals surface area contributed by atoms with Crippen LogP contribution in [0.1, 0.15) is 27.2 Å². The summed E-state index contributed by atoms with van der Waals surface area (Å²) in [5, 5.41) is 0. The topological polar surface area (TPSA) is 0 Å². The molecule has 0 aromatic heterocycles. The maximum Gasteiger partial charge on any atom is -0.0221 e. The zero-order valence-corrected chi connectivity index (χ0v) is 7.59.